The number of hydrogen-bond donors (Lipinski definition) is 3. The Kier molecular flexibility index (Phi) is 73.1. The Bertz CT molecular complexity index is 1960. The third kappa shape index (κ3) is 76.3. The summed E-state index contributed by atoms with van der Waals surface area (Å²) in [6.07, 6.45) is 65.7. The second-order valence-electron chi connectivity index (χ2n) is 30.8. The van der Waals surface area contributed by atoms with Crippen molar-refractivity contribution in [1.82, 2.24) is 0 Å². The van der Waals surface area contributed by atoms with E-state index in [0.717, 1.165) is 95.8 Å². The maximum atomic E-state index is 13.1. The number of phosphoric acid groups is 2. The highest BCUT2D eigenvalue weighted by Gasteiger charge is 2.30. The fraction of sp³-hybridized carbons (Fsp3) is 0.952. The van der Waals surface area contributed by atoms with Crippen LogP contribution in [0.15, 0.2) is 0 Å². The summed E-state index contributed by atoms with van der Waals surface area (Å²) in [6, 6.07) is 0. The van der Waals surface area contributed by atoms with E-state index in [1.54, 1.807) is 0 Å². The zero-order valence-corrected chi connectivity index (χ0v) is 68.7. The predicted molar refractivity (Wildman–Crippen MR) is 418 cm³/mol. The molecule has 606 valence electrons. The van der Waals surface area contributed by atoms with Crippen LogP contribution in [0.5, 0.6) is 0 Å². The van der Waals surface area contributed by atoms with Crippen molar-refractivity contribution in [3.63, 3.8) is 0 Å². The van der Waals surface area contributed by atoms with Gasteiger partial charge < -0.3 is 33.8 Å². The van der Waals surface area contributed by atoms with Gasteiger partial charge in [-0.2, -0.15) is 0 Å². The van der Waals surface area contributed by atoms with Crippen molar-refractivity contribution < 1.29 is 80.2 Å². The Balaban J connectivity index is 5.15. The smallest absolute Gasteiger partial charge is 0.462 e. The fourth-order valence-corrected chi connectivity index (χ4v) is 14.5. The van der Waals surface area contributed by atoms with Crippen LogP contribution in [0.25, 0.3) is 0 Å². The first kappa shape index (κ1) is 100. The van der Waals surface area contributed by atoms with Crippen molar-refractivity contribution in [2.24, 2.45) is 11.8 Å². The molecule has 19 heteroatoms. The Morgan fingerprint density at radius 1 is 0.265 bits per heavy atom. The molecule has 3 N–H and O–H groups in total. The Hall–Kier alpha value is -1.94. The summed E-state index contributed by atoms with van der Waals surface area (Å²) in [6.45, 7) is 9.59. The molecule has 0 radical (unpaired) electrons. The van der Waals surface area contributed by atoms with E-state index in [0.29, 0.717) is 31.6 Å². The molecule has 2 unspecified atom stereocenters. The molecule has 0 rings (SSSR count). The maximum absolute atomic E-state index is 13.1. The van der Waals surface area contributed by atoms with E-state index in [2.05, 4.69) is 41.5 Å². The van der Waals surface area contributed by atoms with Gasteiger partial charge in [0.2, 0.25) is 0 Å². The second kappa shape index (κ2) is 74.5. The third-order valence-electron chi connectivity index (χ3n) is 19.5. The van der Waals surface area contributed by atoms with Crippen molar-refractivity contribution in [3.8, 4) is 0 Å². The van der Waals surface area contributed by atoms with E-state index in [1.165, 1.54) is 257 Å². The first-order chi connectivity index (χ1) is 49.4. The van der Waals surface area contributed by atoms with Gasteiger partial charge in [0.1, 0.15) is 19.3 Å². The Labute approximate surface area is 626 Å². The summed E-state index contributed by atoms with van der Waals surface area (Å²) >= 11 is 0. The minimum Gasteiger partial charge on any atom is -0.462 e. The number of phosphoric ester groups is 2. The molecule has 5 atom stereocenters. The molecular formula is C83H162O17P2. The maximum Gasteiger partial charge on any atom is 0.472 e. The number of aliphatic hydroxyl groups is 1. The number of esters is 4. The number of aliphatic hydroxyl groups excluding tert-OH is 1. The van der Waals surface area contributed by atoms with Gasteiger partial charge in [-0.15, -0.1) is 0 Å². The molecule has 0 aromatic rings. The van der Waals surface area contributed by atoms with Gasteiger partial charge in [0.25, 0.3) is 0 Å². The highest BCUT2D eigenvalue weighted by Crippen LogP contribution is 2.45. The number of carbonyl (C=O) groups excluding carboxylic acids is 4. The first-order valence-electron chi connectivity index (χ1n) is 43.0. The van der Waals surface area contributed by atoms with Crippen molar-refractivity contribution >= 4 is 39.5 Å². The summed E-state index contributed by atoms with van der Waals surface area (Å²) in [5.41, 5.74) is 0. The molecule has 0 spiro atoms. The zero-order chi connectivity index (χ0) is 74.9. The van der Waals surface area contributed by atoms with Gasteiger partial charge in [0.05, 0.1) is 26.4 Å². The molecule has 17 nitrogen and oxygen atoms in total. The van der Waals surface area contributed by atoms with E-state index in [-0.39, 0.29) is 25.7 Å². The molecule has 0 aliphatic carbocycles. The highest BCUT2D eigenvalue weighted by atomic mass is 31.2. The summed E-state index contributed by atoms with van der Waals surface area (Å²) < 4.78 is 68.6. The Morgan fingerprint density at radius 3 is 0.667 bits per heavy atom. The van der Waals surface area contributed by atoms with Crippen LogP contribution in [0.4, 0.5) is 0 Å². The molecule has 0 saturated carbocycles. The molecule has 0 amide bonds. The van der Waals surface area contributed by atoms with E-state index in [4.69, 9.17) is 37.0 Å². The van der Waals surface area contributed by atoms with E-state index < -0.39 is 97.5 Å². The van der Waals surface area contributed by atoms with Crippen LogP contribution < -0.4 is 0 Å². The lowest BCUT2D eigenvalue weighted by molar-refractivity contribution is -0.161. The van der Waals surface area contributed by atoms with Crippen LogP contribution in [-0.4, -0.2) is 96.7 Å². The third-order valence-corrected chi connectivity index (χ3v) is 21.4. The molecule has 0 heterocycles. The minimum atomic E-state index is -4.96. The standard InChI is InChI=1S/C83H162O17P2/c1-7-9-11-13-15-17-18-19-20-21-22-23-24-25-30-33-36-39-43-49-55-61-67-82(87)99-78(71-94-81(86)66-60-54-48-42-38-35-32-29-27-26-28-31-34-37-41-45-51-57-63-75(3)4)73-97-101(89,90)95-69-77(84)70-96-102(91,92)98-74-79(72-93-80(85)65-59-53-47-40-16-14-12-10-8-2)100-83(88)68-62-56-50-44-46-52-58-64-76(5)6/h75-79,84H,7-74H2,1-6H3,(H,89,90)(H,91,92)/t77-,78-,79-/m1/s1. The van der Waals surface area contributed by atoms with E-state index in [1.807, 2.05) is 0 Å². The number of hydrogen-bond acceptors (Lipinski definition) is 15. The molecule has 0 aliphatic rings. The molecule has 0 bridgehead atoms. The SMILES string of the molecule is CCCCCCCCCCCCCCCCCCCCCCCCC(=O)O[C@H](COC(=O)CCCCCCCCCCCCCCCCCCCCC(C)C)COP(=O)(O)OC[C@@H](O)COP(=O)(O)OC[C@@H](COC(=O)CCCCCCCCCCC)OC(=O)CCCCCCCCCC(C)C. The van der Waals surface area contributed by atoms with Crippen LogP contribution in [0, 0.1) is 11.8 Å². The highest BCUT2D eigenvalue weighted by molar-refractivity contribution is 7.47. The molecule has 102 heavy (non-hydrogen) atoms. The predicted octanol–water partition coefficient (Wildman–Crippen LogP) is 25.1. The summed E-state index contributed by atoms with van der Waals surface area (Å²) in [4.78, 5) is 72.9. The first-order valence-corrected chi connectivity index (χ1v) is 46.0. The lowest BCUT2D eigenvalue weighted by Crippen LogP contribution is -2.30. The van der Waals surface area contributed by atoms with Crippen LogP contribution in [0.1, 0.15) is 440 Å². The van der Waals surface area contributed by atoms with Crippen molar-refractivity contribution in [1.29, 1.82) is 0 Å². The monoisotopic (exact) mass is 1490 g/mol. The van der Waals surface area contributed by atoms with Gasteiger partial charge in [0, 0.05) is 25.7 Å². The van der Waals surface area contributed by atoms with Crippen LogP contribution in [0.2, 0.25) is 0 Å². The van der Waals surface area contributed by atoms with Gasteiger partial charge >= 0.3 is 39.5 Å². The topological polar surface area (TPSA) is 237 Å². The quantitative estimate of drug-likeness (QED) is 0.0222. The molecular weight excluding hydrogens is 1330 g/mol. The molecule has 0 saturated heterocycles. The summed E-state index contributed by atoms with van der Waals surface area (Å²) in [7, 11) is -9.92. The number of ether oxygens (including phenoxy) is 4. The van der Waals surface area contributed by atoms with E-state index >= 15 is 0 Å². The summed E-state index contributed by atoms with van der Waals surface area (Å²) in [5.74, 6) is -0.594. The Morgan fingerprint density at radius 2 is 0.451 bits per heavy atom. The van der Waals surface area contributed by atoms with E-state index in [9.17, 15) is 43.2 Å². The fourth-order valence-electron chi connectivity index (χ4n) is 12.9. The molecule has 0 fully saturated rings. The van der Waals surface area contributed by atoms with Crippen LogP contribution >= 0.6 is 15.6 Å². The van der Waals surface area contributed by atoms with Crippen LogP contribution in [-0.2, 0) is 65.4 Å². The molecule has 0 aromatic carbocycles. The number of unbranched alkanes of at least 4 members (excludes halogenated alkanes) is 52. The van der Waals surface area contributed by atoms with Crippen molar-refractivity contribution in [3.05, 3.63) is 0 Å². The lowest BCUT2D eigenvalue weighted by atomic mass is 10.0. The van der Waals surface area contributed by atoms with Crippen molar-refractivity contribution in [2.75, 3.05) is 39.6 Å². The van der Waals surface area contributed by atoms with Gasteiger partial charge in [-0.1, -0.05) is 388 Å². The van der Waals surface area contributed by atoms with Crippen molar-refractivity contribution in [2.45, 2.75) is 458 Å². The summed E-state index contributed by atoms with van der Waals surface area (Å²) in [5, 5.41) is 10.6. The minimum absolute atomic E-state index is 0.104. The van der Waals surface area contributed by atoms with Crippen LogP contribution in [0.3, 0.4) is 0 Å². The number of carbonyl (C=O) groups is 4. The largest absolute Gasteiger partial charge is 0.472 e. The zero-order valence-electron chi connectivity index (χ0n) is 66.9. The van der Waals surface area contributed by atoms with Gasteiger partial charge in [-0.25, -0.2) is 9.13 Å². The normalized spacial score (nSPS) is 13.9. The molecule has 0 aliphatic heterocycles. The van der Waals surface area contributed by atoms with Gasteiger partial charge in [-0.3, -0.25) is 37.3 Å². The number of rotatable bonds is 82. The average molecular weight is 1490 g/mol. The second-order valence-corrected chi connectivity index (χ2v) is 33.7. The van der Waals surface area contributed by atoms with Gasteiger partial charge in [-0.05, 0) is 37.5 Å². The lowest BCUT2D eigenvalue weighted by Gasteiger charge is -2.21. The van der Waals surface area contributed by atoms with Gasteiger partial charge in [0.15, 0.2) is 12.2 Å². The molecule has 0 aromatic heterocycles. The average Bonchev–Trinajstić information content (AvgIpc) is 0.967.